The molecule has 0 aliphatic heterocycles. The molecule has 0 aromatic heterocycles. The van der Waals surface area contributed by atoms with E-state index in [-0.39, 0.29) is 0 Å². The van der Waals surface area contributed by atoms with Crippen molar-refractivity contribution in [1.29, 1.82) is 0 Å². The Balaban J connectivity index is 1.66. The Morgan fingerprint density at radius 2 is 1.32 bits per heavy atom. The van der Waals surface area contributed by atoms with Crippen molar-refractivity contribution in [2.45, 2.75) is 38.5 Å². The van der Waals surface area contributed by atoms with Crippen molar-refractivity contribution in [1.82, 2.24) is 5.32 Å². The quantitative estimate of drug-likeness (QED) is 0.603. The second-order valence-corrected chi connectivity index (χ2v) is 8.31. The van der Waals surface area contributed by atoms with E-state index in [9.17, 15) is 0 Å². The molecule has 1 nitrogen and oxygen atoms in total. The van der Waals surface area contributed by atoms with Crippen molar-refractivity contribution >= 4 is 23.2 Å². The summed E-state index contributed by atoms with van der Waals surface area (Å²) in [4.78, 5) is 0. The molecule has 1 aliphatic rings. The average molecular weight is 376 g/mol. The van der Waals surface area contributed by atoms with E-state index in [1.54, 1.807) is 0 Å². The Bertz CT molecular complexity index is 597. The molecule has 0 unspecified atom stereocenters. The molecule has 0 saturated heterocycles. The van der Waals surface area contributed by atoms with E-state index in [2.05, 4.69) is 36.5 Å². The highest BCUT2D eigenvalue weighted by molar-refractivity contribution is 6.30. The largest absolute Gasteiger partial charge is 0.316 e. The van der Waals surface area contributed by atoms with Crippen molar-refractivity contribution in [3.63, 3.8) is 0 Å². The molecule has 3 rings (SSSR count). The van der Waals surface area contributed by atoms with Crippen LogP contribution in [0.4, 0.5) is 0 Å². The highest BCUT2D eigenvalue weighted by atomic mass is 35.5. The van der Waals surface area contributed by atoms with Crippen LogP contribution in [0.3, 0.4) is 0 Å². The number of hydrogen-bond donors (Lipinski definition) is 1. The summed E-state index contributed by atoms with van der Waals surface area (Å²) < 4.78 is 0. The third kappa shape index (κ3) is 5.48. The summed E-state index contributed by atoms with van der Waals surface area (Å²) >= 11 is 12.1. The fraction of sp³-hybridized carbons (Fsp3) is 0.455. The maximum absolute atomic E-state index is 6.07. The van der Waals surface area contributed by atoms with Crippen LogP contribution in [0.5, 0.6) is 0 Å². The Morgan fingerprint density at radius 3 is 1.80 bits per heavy atom. The lowest BCUT2D eigenvalue weighted by atomic mass is 9.83. The molecule has 1 N–H and O–H groups in total. The lowest BCUT2D eigenvalue weighted by molar-refractivity contribution is 0.281. The summed E-state index contributed by atoms with van der Waals surface area (Å²) in [7, 11) is 0. The molecular weight excluding hydrogens is 349 g/mol. The van der Waals surface area contributed by atoms with Gasteiger partial charge in [0.2, 0.25) is 0 Å². The third-order valence-corrected chi connectivity index (χ3v) is 5.97. The predicted molar refractivity (Wildman–Crippen MR) is 109 cm³/mol. The minimum absolute atomic E-state index is 0.317. The second kappa shape index (κ2) is 9.07. The molecule has 2 aromatic rings. The highest BCUT2D eigenvalue weighted by Gasteiger charge is 2.19. The maximum atomic E-state index is 6.07. The average Bonchev–Trinajstić information content (AvgIpc) is 2.62. The van der Waals surface area contributed by atoms with Crippen LogP contribution in [0, 0.1) is 11.8 Å². The first kappa shape index (κ1) is 18.8. The topological polar surface area (TPSA) is 12.0 Å². The summed E-state index contributed by atoms with van der Waals surface area (Å²) in [5.41, 5.74) is 2.58. The van der Waals surface area contributed by atoms with Crippen molar-refractivity contribution < 1.29 is 0 Å². The first-order valence-electron chi connectivity index (χ1n) is 9.33. The summed E-state index contributed by atoms with van der Waals surface area (Å²) in [6.45, 7) is 4.43. The van der Waals surface area contributed by atoms with Crippen LogP contribution in [0.25, 0.3) is 0 Å². The molecule has 134 valence electrons. The molecule has 3 heteroatoms. The van der Waals surface area contributed by atoms with Crippen LogP contribution in [0.2, 0.25) is 10.0 Å². The standard InChI is InChI=1S/C22H27Cl2N/c1-16-2-4-17(5-3-16)14-25-15-22(18-6-10-20(23)11-7-18)19-8-12-21(24)13-9-19/h6-13,16-17,22,25H,2-5,14-15H2,1H3. The second-order valence-electron chi connectivity index (χ2n) is 7.44. The lowest BCUT2D eigenvalue weighted by Crippen LogP contribution is -2.29. The number of rotatable bonds is 6. The number of nitrogens with one attached hydrogen (secondary N) is 1. The Kier molecular flexibility index (Phi) is 6.81. The van der Waals surface area contributed by atoms with E-state index in [1.807, 2.05) is 24.3 Å². The smallest absolute Gasteiger partial charge is 0.0406 e. The molecular formula is C22H27Cl2N. The molecule has 1 aliphatic carbocycles. The normalized spacial score (nSPS) is 20.8. The van der Waals surface area contributed by atoms with Crippen LogP contribution in [-0.4, -0.2) is 13.1 Å². The summed E-state index contributed by atoms with van der Waals surface area (Å²) in [5.74, 6) is 2.05. The SMILES string of the molecule is CC1CCC(CNCC(c2ccc(Cl)cc2)c2ccc(Cl)cc2)CC1. The first-order valence-corrected chi connectivity index (χ1v) is 10.1. The van der Waals surface area contributed by atoms with E-state index >= 15 is 0 Å². The number of benzene rings is 2. The maximum Gasteiger partial charge on any atom is 0.0406 e. The molecule has 25 heavy (non-hydrogen) atoms. The fourth-order valence-corrected chi connectivity index (χ4v) is 4.04. The molecule has 0 radical (unpaired) electrons. The van der Waals surface area contributed by atoms with Gasteiger partial charge in [-0.1, -0.05) is 67.2 Å². The van der Waals surface area contributed by atoms with Gasteiger partial charge >= 0.3 is 0 Å². The Labute approximate surface area is 161 Å². The Hall–Kier alpha value is -1.02. The van der Waals surface area contributed by atoms with Crippen LogP contribution < -0.4 is 5.32 Å². The van der Waals surface area contributed by atoms with Gasteiger partial charge in [0.1, 0.15) is 0 Å². The van der Waals surface area contributed by atoms with Crippen molar-refractivity contribution in [2.75, 3.05) is 13.1 Å². The zero-order chi connectivity index (χ0) is 17.6. The van der Waals surface area contributed by atoms with Crippen LogP contribution in [-0.2, 0) is 0 Å². The summed E-state index contributed by atoms with van der Waals surface area (Å²) in [6.07, 6.45) is 5.48. The van der Waals surface area contributed by atoms with Crippen LogP contribution in [0.1, 0.15) is 49.7 Å². The van der Waals surface area contributed by atoms with Gasteiger partial charge in [-0.3, -0.25) is 0 Å². The first-order chi connectivity index (χ1) is 12.1. The van der Waals surface area contributed by atoms with E-state index in [4.69, 9.17) is 23.2 Å². The highest BCUT2D eigenvalue weighted by Crippen LogP contribution is 2.29. The molecule has 0 bridgehead atoms. The van der Waals surface area contributed by atoms with Gasteiger partial charge in [0.05, 0.1) is 0 Å². The van der Waals surface area contributed by atoms with Crippen LogP contribution >= 0.6 is 23.2 Å². The van der Waals surface area contributed by atoms with Crippen molar-refractivity contribution in [3.05, 3.63) is 69.7 Å². The summed E-state index contributed by atoms with van der Waals surface area (Å²) in [6, 6.07) is 16.4. The molecule has 0 amide bonds. The predicted octanol–water partition coefficient (Wildman–Crippen LogP) is 6.54. The van der Waals surface area contributed by atoms with E-state index in [1.165, 1.54) is 36.8 Å². The molecule has 0 atom stereocenters. The van der Waals surface area contributed by atoms with Crippen LogP contribution in [0.15, 0.2) is 48.5 Å². The molecule has 1 saturated carbocycles. The lowest BCUT2D eigenvalue weighted by Gasteiger charge is -2.27. The summed E-state index contributed by atoms with van der Waals surface area (Å²) in [5, 5.41) is 5.29. The minimum atomic E-state index is 0.317. The van der Waals surface area contributed by atoms with Gasteiger partial charge in [0, 0.05) is 22.5 Å². The van der Waals surface area contributed by atoms with E-state index in [0.29, 0.717) is 5.92 Å². The Morgan fingerprint density at radius 1 is 0.840 bits per heavy atom. The zero-order valence-electron chi connectivity index (χ0n) is 14.8. The fourth-order valence-electron chi connectivity index (χ4n) is 3.78. The van der Waals surface area contributed by atoms with E-state index < -0.39 is 0 Å². The van der Waals surface area contributed by atoms with Gasteiger partial charge in [-0.15, -0.1) is 0 Å². The van der Waals surface area contributed by atoms with Gasteiger partial charge in [0.25, 0.3) is 0 Å². The van der Waals surface area contributed by atoms with Gasteiger partial charge in [-0.05, 0) is 66.6 Å². The van der Waals surface area contributed by atoms with Gasteiger partial charge in [-0.2, -0.15) is 0 Å². The van der Waals surface area contributed by atoms with Gasteiger partial charge in [0.15, 0.2) is 0 Å². The van der Waals surface area contributed by atoms with E-state index in [0.717, 1.165) is 35.0 Å². The monoisotopic (exact) mass is 375 g/mol. The third-order valence-electron chi connectivity index (χ3n) is 5.46. The van der Waals surface area contributed by atoms with Crippen molar-refractivity contribution in [2.24, 2.45) is 11.8 Å². The molecule has 0 spiro atoms. The number of hydrogen-bond acceptors (Lipinski definition) is 1. The molecule has 1 fully saturated rings. The van der Waals surface area contributed by atoms with Crippen molar-refractivity contribution in [3.8, 4) is 0 Å². The zero-order valence-corrected chi connectivity index (χ0v) is 16.4. The number of halogens is 2. The minimum Gasteiger partial charge on any atom is -0.316 e. The van der Waals surface area contributed by atoms with Gasteiger partial charge < -0.3 is 5.32 Å². The molecule has 0 heterocycles. The van der Waals surface area contributed by atoms with Gasteiger partial charge in [-0.25, -0.2) is 0 Å². The molecule has 2 aromatic carbocycles.